The van der Waals surface area contributed by atoms with Crippen molar-refractivity contribution in [2.24, 2.45) is 0 Å². The van der Waals surface area contributed by atoms with Gasteiger partial charge in [-0.15, -0.1) is 0 Å². The molecule has 1 N–H and O–H groups in total. The number of pyridine rings is 1. The third-order valence-electron chi connectivity index (χ3n) is 3.96. The van der Waals surface area contributed by atoms with Gasteiger partial charge in [-0.2, -0.15) is 0 Å². The summed E-state index contributed by atoms with van der Waals surface area (Å²) in [5.41, 5.74) is 0.0709. The predicted octanol–water partition coefficient (Wildman–Crippen LogP) is 1.91. The molecule has 2 saturated heterocycles. The third kappa shape index (κ3) is 1.90. The van der Waals surface area contributed by atoms with E-state index in [4.69, 9.17) is 0 Å². The van der Waals surface area contributed by atoms with E-state index < -0.39 is 0 Å². The number of fused-ring (bicyclic) bond motifs is 2. The van der Waals surface area contributed by atoms with Crippen LogP contribution in [0.2, 0.25) is 0 Å². The molecule has 0 aromatic carbocycles. The quantitative estimate of drug-likeness (QED) is 0.806. The largest absolute Gasteiger partial charge is 0.367 e. The number of nitrogens with zero attached hydrogens (tertiary/aromatic N) is 1. The summed E-state index contributed by atoms with van der Waals surface area (Å²) in [6.07, 6.45) is 7.18. The number of rotatable bonds is 1. The van der Waals surface area contributed by atoms with Crippen LogP contribution >= 0.6 is 15.9 Å². The highest BCUT2D eigenvalue weighted by molar-refractivity contribution is 9.09. The highest BCUT2D eigenvalue weighted by atomic mass is 79.9. The zero-order valence-corrected chi connectivity index (χ0v) is 11.5. The van der Waals surface area contributed by atoms with E-state index in [-0.39, 0.29) is 16.9 Å². The SMILES string of the molecule is O=C(c1c[nH]ccc1=O)N1C2CCC1CC(Br)C2. The van der Waals surface area contributed by atoms with E-state index in [9.17, 15) is 9.59 Å². The molecule has 4 nitrogen and oxygen atoms in total. The molecule has 0 radical (unpaired) electrons. The number of amides is 1. The molecule has 1 amide bonds. The molecular formula is C13H15BrN2O2. The number of H-pyrrole nitrogens is 1. The summed E-state index contributed by atoms with van der Waals surface area (Å²) in [6, 6.07) is 1.99. The van der Waals surface area contributed by atoms with E-state index >= 15 is 0 Å². The molecule has 5 heteroatoms. The summed E-state index contributed by atoms with van der Waals surface area (Å²) in [7, 11) is 0. The maximum Gasteiger partial charge on any atom is 0.259 e. The lowest BCUT2D eigenvalue weighted by molar-refractivity contribution is 0.0602. The van der Waals surface area contributed by atoms with Gasteiger partial charge in [-0.3, -0.25) is 9.59 Å². The summed E-state index contributed by atoms with van der Waals surface area (Å²) in [6.45, 7) is 0. The number of nitrogens with one attached hydrogen (secondary N) is 1. The van der Waals surface area contributed by atoms with Gasteiger partial charge in [-0.05, 0) is 25.7 Å². The van der Waals surface area contributed by atoms with Gasteiger partial charge >= 0.3 is 0 Å². The number of carbonyl (C=O) groups is 1. The Kier molecular flexibility index (Phi) is 3.01. The topological polar surface area (TPSA) is 53.2 Å². The van der Waals surface area contributed by atoms with E-state index in [2.05, 4.69) is 20.9 Å². The molecule has 0 spiro atoms. The number of halogens is 1. The first-order valence-corrected chi connectivity index (χ1v) is 7.22. The van der Waals surface area contributed by atoms with Gasteiger partial charge < -0.3 is 9.88 Å². The lowest BCUT2D eigenvalue weighted by Gasteiger charge is -2.37. The molecule has 2 fully saturated rings. The summed E-state index contributed by atoms with van der Waals surface area (Å²) in [5, 5.41) is 0. The molecule has 18 heavy (non-hydrogen) atoms. The number of carbonyl (C=O) groups excluding carboxylic acids is 1. The molecule has 1 aromatic rings. The van der Waals surface area contributed by atoms with Gasteiger partial charge in [0.15, 0.2) is 5.43 Å². The smallest absolute Gasteiger partial charge is 0.259 e. The minimum atomic E-state index is -0.195. The van der Waals surface area contributed by atoms with Gasteiger partial charge in [-0.1, -0.05) is 15.9 Å². The molecule has 0 aliphatic carbocycles. The second kappa shape index (κ2) is 4.53. The van der Waals surface area contributed by atoms with Crippen molar-refractivity contribution >= 4 is 21.8 Å². The van der Waals surface area contributed by atoms with Crippen molar-refractivity contribution in [3.8, 4) is 0 Å². The zero-order chi connectivity index (χ0) is 12.7. The van der Waals surface area contributed by atoms with Crippen LogP contribution in [0.5, 0.6) is 0 Å². The van der Waals surface area contributed by atoms with Crippen LogP contribution in [0.25, 0.3) is 0 Å². The number of aromatic nitrogens is 1. The van der Waals surface area contributed by atoms with Crippen molar-refractivity contribution in [2.75, 3.05) is 0 Å². The second-order valence-electron chi connectivity index (χ2n) is 5.09. The lowest BCUT2D eigenvalue weighted by Crippen LogP contribution is -2.47. The third-order valence-corrected chi connectivity index (χ3v) is 4.71. The van der Waals surface area contributed by atoms with Crippen molar-refractivity contribution in [3.05, 3.63) is 34.2 Å². The van der Waals surface area contributed by atoms with Crippen LogP contribution in [0.3, 0.4) is 0 Å². The summed E-state index contributed by atoms with van der Waals surface area (Å²) < 4.78 is 0. The van der Waals surface area contributed by atoms with Crippen LogP contribution in [0.4, 0.5) is 0 Å². The number of aromatic amines is 1. The number of hydrogen-bond donors (Lipinski definition) is 1. The fraction of sp³-hybridized carbons (Fsp3) is 0.538. The Morgan fingerprint density at radius 3 is 2.61 bits per heavy atom. The predicted molar refractivity (Wildman–Crippen MR) is 72.0 cm³/mol. The van der Waals surface area contributed by atoms with Gasteiger partial charge in [-0.25, -0.2) is 0 Å². The fourth-order valence-corrected chi connectivity index (χ4v) is 4.03. The van der Waals surface area contributed by atoms with Crippen LogP contribution in [0.1, 0.15) is 36.0 Å². The molecule has 2 atom stereocenters. The average Bonchev–Trinajstić information content (AvgIpc) is 2.61. The monoisotopic (exact) mass is 310 g/mol. The van der Waals surface area contributed by atoms with Crippen molar-refractivity contribution in [2.45, 2.75) is 42.6 Å². The van der Waals surface area contributed by atoms with Gasteiger partial charge in [0.2, 0.25) is 0 Å². The summed E-state index contributed by atoms with van der Waals surface area (Å²) in [4.78, 5) is 29.5. The number of alkyl halides is 1. The highest BCUT2D eigenvalue weighted by Crippen LogP contribution is 2.38. The van der Waals surface area contributed by atoms with Gasteiger partial charge in [0.05, 0.1) is 0 Å². The van der Waals surface area contributed by atoms with E-state index in [1.54, 1.807) is 6.20 Å². The second-order valence-corrected chi connectivity index (χ2v) is 6.38. The molecule has 2 aliphatic heterocycles. The zero-order valence-electron chi connectivity index (χ0n) is 9.93. The van der Waals surface area contributed by atoms with E-state index in [1.165, 1.54) is 12.3 Å². The molecular weight excluding hydrogens is 296 g/mol. The molecule has 0 saturated carbocycles. The average molecular weight is 311 g/mol. The molecule has 3 rings (SSSR count). The van der Waals surface area contributed by atoms with Gasteiger partial charge in [0.1, 0.15) is 5.56 Å². The first kappa shape index (κ1) is 12.0. The van der Waals surface area contributed by atoms with Crippen LogP contribution in [0, 0.1) is 0 Å². The maximum absolute atomic E-state index is 12.5. The Bertz CT molecular complexity index is 514. The van der Waals surface area contributed by atoms with Crippen LogP contribution in [-0.2, 0) is 0 Å². The summed E-state index contributed by atoms with van der Waals surface area (Å²) in [5.74, 6) is -0.108. The van der Waals surface area contributed by atoms with E-state index in [0.29, 0.717) is 16.9 Å². The molecule has 1 aromatic heterocycles. The van der Waals surface area contributed by atoms with Crippen molar-refractivity contribution in [1.29, 1.82) is 0 Å². The summed E-state index contributed by atoms with van der Waals surface area (Å²) >= 11 is 3.65. The molecule has 2 bridgehead atoms. The lowest BCUT2D eigenvalue weighted by atomic mass is 10.0. The minimum Gasteiger partial charge on any atom is -0.367 e. The first-order valence-electron chi connectivity index (χ1n) is 6.30. The Hall–Kier alpha value is -1.10. The Morgan fingerprint density at radius 1 is 1.33 bits per heavy atom. The van der Waals surface area contributed by atoms with Crippen LogP contribution < -0.4 is 5.43 Å². The van der Waals surface area contributed by atoms with E-state index in [1.807, 2.05) is 4.90 Å². The maximum atomic E-state index is 12.5. The first-order chi connectivity index (χ1) is 8.66. The highest BCUT2D eigenvalue weighted by Gasteiger charge is 2.43. The van der Waals surface area contributed by atoms with Gasteiger partial charge in [0.25, 0.3) is 5.91 Å². The van der Waals surface area contributed by atoms with Crippen molar-refractivity contribution in [1.82, 2.24) is 9.88 Å². The molecule has 2 aliphatic rings. The van der Waals surface area contributed by atoms with Crippen molar-refractivity contribution in [3.63, 3.8) is 0 Å². The molecule has 96 valence electrons. The van der Waals surface area contributed by atoms with Crippen molar-refractivity contribution < 1.29 is 4.79 Å². The fourth-order valence-electron chi connectivity index (χ4n) is 3.16. The van der Waals surface area contributed by atoms with Gasteiger partial charge in [0, 0.05) is 35.4 Å². The normalized spacial score (nSPS) is 30.5. The van der Waals surface area contributed by atoms with Crippen LogP contribution in [-0.4, -0.2) is 32.7 Å². The Morgan fingerprint density at radius 2 is 2.00 bits per heavy atom. The Balaban J connectivity index is 1.90. The van der Waals surface area contributed by atoms with Crippen LogP contribution in [0.15, 0.2) is 23.3 Å². The van der Waals surface area contributed by atoms with E-state index in [0.717, 1.165) is 25.7 Å². The molecule has 3 heterocycles. The Labute approximate surface area is 114 Å². The minimum absolute atomic E-state index is 0.108. The number of piperidine rings is 1. The molecule has 2 unspecified atom stereocenters. The standard InChI is InChI=1S/C13H15BrN2O2/c14-8-5-9-1-2-10(6-8)16(9)13(18)11-7-15-4-3-12(11)17/h3-4,7-10H,1-2,5-6H2,(H,15,17). The number of hydrogen-bond acceptors (Lipinski definition) is 2.